The zero-order valence-corrected chi connectivity index (χ0v) is 15.7. The number of methoxy groups -OCH3 is 1. The third-order valence-electron chi connectivity index (χ3n) is 3.97. The SMILES string of the molecule is CCn1nnnc1NCc1cccc(OC)c1OCc1c(F)cccc1Cl. The molecule has 1 heterocycles. The normalized spacial score (nSPS) is 10.7. The second kappa shape index (κ2) is 8.68. The quantitative estimate of drug-likeness (QED) is 0.631. The van der Waals surface area contributed by atoms with Crippen LogP contribution in [0.4, 0.5) is 10.3 Å². The molecule has 0 saturated carbocycles. The van der Waals surface area contributed by atoms with E-state index in [9.17, 15) is 4.39 Å². The Kier molecular flexibility index (Phi) is 6.08. The number of nitrogens with zero attached hydrogens (tertiary/aromatic N) is 4. The van der Waals surface area contributed by atoms with Gasteiger partial charge in [0.2, 0.25) is 5.95 Å². The van der Waals surface area contributed by atoms with Crippen molar-refractivity contribution in [3.8, 4) is 11.5 Å². The van der Waals surface area contributed by atoms with Crippen LogP contribution in [-0.2, 0) is 19.7 Å². The van der Waals surface area contributed by atoms with E-state index in [1.165, 1.54) is 6.07 Å². The number of ether oxygens (including phenoxy) is 2. The first-order valence-electron chi connectivity index (χ1n) is 8.35. The summed E-state index contributed by atoms with van der Waals surface area (Å²) in [5, 5.41) is 14.9. The molecule has 1 N–H and O–H groups in total. The molecule has 0 aliphatic carbocycles. The van der Waals surface area contributed by atoms with Crippen LogP contribution in [0.1, 0.15) is 18.1 Å². The van der Waals surface area contributed by atoms with Crippen LogP contribution in [0.5, 0.6) is 11.5 Å². The highest BCUT2D eigenvalue weighted by atomic mass is 35.5. The van der Waals surface area contributed by atoms with Crippen molar-refractivity contribution in [2.75, 3.05) is 12.4 Å². The molecule has 0 atom stereocenters. The standard InChI is InChI=1S/C18H19ClFN5O2/c1-3-25-18(22-23-24-25)21-10-12-6-4-9-16(26-2)17(12)27-11-13-14(19)7-5-8-15(13)20/h4-9H,3,10-11H2,1-2H3,(H,21,22,24). The average Bonchev–Trinajstić information content (AvgIpc) is 3.13. The van der Waals surface area contributed by atoms with Gasteiger partial charge in [-0.15, -0.1) is 0 Å². The summed E-state index contributed by atoms with van der Waals surface area (Å²) in [5.41, 5.74) is 1.10. The number of para-hydroxylation sites is 1. The Morgan fingerprint density at radius 1 is 1.22 bits per heavy atom. The van der Waals surface area contributed by atoms with Crippen LogP contribution >= 0.6 is 11.6 Å². The Morgan fingerprint density at radius 3 is 2.78 bits per heavy atom. The van der Waals surface area contributed by atoms with Gasteiger partial charge in [0.1, 0.15) is 12.4 Å². The maximum absolute atomic E-state index is 14.0. The minimum atomic E-state index is -0.417. The summed E-state index contributed by atoms with van der Waals surface area (Å²) in [6, 6.07) is 10.0. The first-order chi connectivity index (χ1) is 13.1. The van der Waals surface area contributed by atoms with Gasteiger partial charge >= 0.3 is 0 Å². The Bertz CT molecular complexity index is 898. The predicted molar refractivity (Wildman–Crippen MR) is 99.6 cm³/mol. The van der Waals surface area contributed by atoms with Gasteiger partial charge in [0, 0.05) is 24.2 Å². The zero-order chi connectivity index (χ0) is 19.2. The van der Waals surface area contributed by atoms with Crippen molar-refractivity contribution in [3.63, 3.8) is 0 Å². The largest absolute Gasteiger partial charge is 0.493 e. The van der Waals surface area contributed by atoms with Gasteiger partial charge in [0.05, 0.1) is 12.1 Å². The molecule has 9 heteroatoms. The van der Waals surface area contributed by atoms with E-state index < -0.39 is 5.82 Å². The number of benzene rings is 2. The van der Waals surface area contributed by atoms with Gasteiger partial charge in [-0.05, 0) is 35.5 Å². The maximum Gasteiger partial charge on any atom is 0.243 e. The highest BCUT2D eigenvalue weighted by molar-refractivity contribution is 6.31. The molecule has 0 fully saturated rings. The molecular weight excluding hydrogens is 373 g/mol. The van der Waals surface area contributed by atoms with Crippen molar-refractivity contribution in [2.45, 2.75) is 26.6 Å². The number of aromatic nitrogens is 4. The number of halogens is 2. The van der Waals surface area contributed by atoms with Gasteiger partial charge < -0.3 is 14.8 Å². The molecule has 27 heavy (non-hydrogen) atoms. The van der Waals surface area contributed by atoms with Crippen molar-refractivity contribution in [2.24, 2.45) is 0 Å². The van der Waals surface area contributed by atoms with E-state index >= 15 is 0 Å². The molecule has 2 aromatic carbocycles. The van der Waals surface area contributed by atoms with Crippen LogP contribution in [0.15, 0.2) is 36.4 Å². The fourth-order valence-electron chi connectivity index (χ4n) is 2.56. The van der Waals surface area contributed by atoms with Crippen LogP contribution in [0, 0.1) is 5.82 Å². The van der Waals surface area contributed by atoms with Crippen LogP contribution in [-0.4, -0.2) is 27.3 Å². The van der Waals surface area contributed by atoms with E-state index in [1.54, 1.807) is 30.0 Å². The Morgan fingerprint density at radius 2 is 2.04 bits per heavy atom. The predicted octanol–water partition coefficient (Wildman–Crippen LogP) is 3.69. The molecule has 142 valence electrons. The summed E-state index contributed by atoms with van der Waals surface area (Å²) >= 11 is 6.08. The summed E-state index contributed by atoms with van der Waals surface area (Å²) in [7, 11) is 1.55. The van der Waals surface area contributed by atoms with Crippen molar-refractivity contribution in [3.05, 3.63) is 58.4 Å². The third kappa shape index (κ3) is 4.28. The summed E-state index contributed by atoms with van der Waals surface area (Å²) < 4.78 is 26.9. The van der Waals surface area contributed by atoms with E-state index in [0.29, 0.717) is 41.1 Å². The second-order valence-corrected chi connectivity index (χ2v) is 6.02. The molecule has 0 amide bonds. The van der Waals surface area contributed by atoms with E-state index in [-0.39, 0.29) is 6.61 Å². The number of hydrogen-bond donors (Lipinski definition) is 1. The Balaban J connectivity index is 1.81. The van der Waals surface area contributed by atoms with Crippen molar-refractivity contribution in [1.82, 2.24) is 20.2 Å². The van der Waals surface area contributed by atoms with Gasteiger partial charge in [-0.1, -0.05) is 34.9 Å². The fourth-order valence-corrected chi connectivity index (χ4v) is 2.78. The molecule has 0 aliphatic heterocycles. The van der Waals surface area contributed by atoms with Crippen LogP contribution in [0.25, 0.3) is 0 Å². The lowest BCUT2D eigenvalue weighted by Gasteiger charge is -2.16. The Labute approximate surface area is 161 Å². The number of hydrogen-bond acceptors (Lipinski definition) is 6. The van der Waals surface area contributed by atoms with Crippen molar-refractivity contribution in [1.29, 1.82) is 0 Å². The highest BCUT2D eigenvalue weighted by Crippen LogP contribution is 2.33. The van der Waals surface area contributed by atoms with Crippen molar-refractivity contribution < 1.29 is 13.9 Å². The van der Waals surface area contributed by atoms with E-state index in [1.807, 2.05) is 19.1 Å². The Hall–Kier alpha value is -2.87. The highest BCUT2D eigenvalue weighted by Gasteiger charge is 2.14. The maximum atomic E-state index is 14.0. The molecule has 0 aliphatic rings. The molecule has 0 saturated heterocycles. The average molecular weight is 392 g/mol. The minimum absolute atomic E-state index is 0.0222. The van der Waals surface area contributed by atoms with Gasteiger partial charge in [0.15, 0.2) is 11.5 Å². The lowest BCUT2D eigenvalue weighted by Crippen LogP contribution is -2.10. The zero-order valence-electron chi connectivity index (χ0n) is 14.9. The van der Waals surface area contributed by atoms with Crippen LogP contribution in [0.3, 0.4) is 0 Å². The van der Waals surface area contributed by atoms with Crippen molar-refractivity contribution >= 4 is 17.5 Å². The minimum Gasteiger partial charge on any atom is -0.493 e. The number of rotatable bonds is 8. The number of aryl methyl sites for hydroxylation is 1. The molecule has 3 rings (SSSR count). The van der Waals surface area contributed by atoms with Crippen LogP contribution < -0.4 is 14.8 Å². The third-order valence-corrected chi connectivity index (χ3v) is 4.33. The number of anilines is 1. The smallest absolute Gasteiger partial charge is 0.243 e. The van der Waals surface area contributed by atoms with E-state index in [0.717, 1.165) is 5.56 Å². The fraction of sp³-hybridized carbons (Fsp3) is 0.278. The summed E-state index contributed by atoms with van der Waals surface area (Å²) in [5.74, 6) is 1.17. The summed E-state index contributed by atoms with van der Waals surface area (Å²) in [6.07, 6.45) is 0. The molecular formula is C18H19ClFN5O2. The number of tetrazole rings is 1. The molecule has 0 radical (unpaired) electrons. The topological polar surface area (TPSA) is 74.1 Å². The molecule has 0 bridgehead atoms. The second-order valence-electron chi connectivity index (χ2n) is 5.61. The molecule has 0 unspecified atom stereocenters. The molecule has 0 spiro atoms. The van der Waals surface area contributed by atoms with E-state index in [4.69, 9.17) is 21.1 Å². The summed E-state index contributed by atoms with van der Waals surface area (Å²) in [4.78, 5) is 0. The lowest BCUT2D eigenvalue weighted by molar-refractivity contribution is 0.277. The summed E-state index contributed by atoms with van der Waals surface area (Å²) in [6.45, 7) is 2.96. The monoisotopic (exact) mass is 391 g/mol. The first kappa shape index (κ1) is 18.9. The number of nitrogens with one attached hydrogen (secondary N) is 1. The van der Waals surface area contributed by atoms with E-state index in [2.05, 4.69) is 20.8 Å². The van der Waals surface area contributed by atoms with Gasteiger partial charge in [-0.2, -0.15) is 0 Å². The molecule has 7 nitrogen and oxygen atoms in total. The van der Waals surface area contributed by atoms with Crippen LogP contribution in [0.2, 0.25) is 5.02 Å². The lowest BCUT2D eigenvalue weighted by atomic mass is 10.1. The van der Waals surface area contributed by atoms with Gasteiger partial charge in [0.25, 0.3) is 0 Å². The molecule has 3 aromatic rings. The molecule has 1 aromatic heterocycles. The van der Waals surface area contributed by atoms with Gasteiger partial charge in [-0.25, -0.2) is 9.07 Å². The van der Waals surface area contributed by atoms with Gasteiger partial charge in [-0.3, -0.25) is 0 Å². The first-order valence-corrected chi connectivity index (χ1v) is 8.73.